The van der Waals surface area contributed by atoms with Crippen molar-refractivity contribution in [2.75, 3.05) is 42.9 Å². The molecule has 0 atom stereocenters. The van der Waals surface area contributed by atoms with Crippen LogP contribution in [0, 0.1) is 5.82 Å². The van der Waals surface area contributed by atoms with E-state index in [1.807, 2.05) is 11.8 Å². The molecular formula is C10H16FN5. The van der Waals surface area contributed by atoms with Crippen molar-refractivity contribution >= 4 is 11.8 Å². The second-order valence-corrected chi connectivity index (χ2v) is 3.63. The van der Waals surface area contributed by atoms with Gasteiger partial charge in [0.25, 0.3) is 0 Å². The molecule has 1 saturated heterocycles. The van der Waals surface area contributed by atoms with Gasteiger partial charge in [-0.15, -0.1) is 0 Å². The van der Waals surface area contributed by atoms with E-state index in [-0.39, 0.29) is 5.82 Å². The first kappa shape index (κ1) is 11.1. The van der Waals surface area contributed by atoms with E-state index in [1.54, 1.807) is 0 Å². The summed E-state index contributed by atoms with van der Waals surface area (Å²) in [6.45, 7) is 5.96. The lowest BCUT2D eigenvalue weighted by Gasteiger charge is -2.28. The van der Waals surface area contributed by atoms with Crippen LogP contribution < -0.4 is 15.5 Å². The zero-order valence-electron chi connectivity index (χ0n) is 9.33. The predicted molar refractivity (Wildman–Crippen MR) is 61.2 cm³/mol. The molecule has 0 bridgehead atoms. The van der Waals surface area contributed by atoms with Crippen LogP contribution in [0.2, 0.25) is 0 Å². The van der Waals surface area contributed by atoms with Gasteiger partial charge in [-0.3, -0.25) is 0 Å². The quantitative estimate of drug-likeness (QED) is 0.782. The van der Waals surface area contributed by atoms with Gasteiger partial charge >= 0.3 is 0 Å². The van der Waals surface area contributed by atoms with E-state index < -0.39 is 0 Å². The highest BCUT2D eigenvalue weighted by Crippen LogP contribution is 2.17. The molecule has 6 heteroatoms. The van der Waals surface area contributed by atoms with Gasteiger partial charge in [-0.1, -0.05) is 0 Å². The summed E-state index contributed by atoms with van der Waals surface area (Å²) in [5.74, 6) is 0.522. The molecule has 1 aromatic rings. The Hall–Kier alpha value is -1.43. The minimum Gasteiger partial charge on any atom is -0.354 e. The normalized spacial score (nSPS) is 16.2. The Bertz CT molecular complexity index is 351. The minimum atomic E-state index is -0.358. The Kier molecular flexibility index (Phi) is 3.51. The third-order valence-corrected chi connectivity index (χ3v) is 2.48. The minimum absolute atomic E-state index is 0.358. The van der Waals surface area contributed by atoms with Crippen LogP contribution in [0.4, 0.5) is 16.2 Å². The van der Waals surface area contributed by atoms with Crippen molar-refractivity contribution in [3.05, 3.63) is 12.0 Å². The van der Waals surface area contributed by atoms with Crippen molar-refractivity contribution in [3.63, 3.8) is 0 Å². The van der Waals surface area contributed by atoms with Gasteiger partial charge in [0.15, 0.2) is 11.6 Å². The van der Waals surface area contributed by atoms with E-state index in [1.165, 1.54) is 6.20 Å². The molecule has 88 valence electrons. The highest BCUT2D eigenvalue weighted by Gasteiger charge is 2.16. The van der Waals surface area contributed by atoms with Crippen LogP contribution in [-0.2, 0) is 0 Å². The maximum absolute atomic E-state index is 13.6. The summed E-state index contributed by atoms with van der Waals surface area (Å²) in [6.07, 6.45) is 1.22. The van der Waals surface area contributed by atoms with Crippen LogP contribution >= 0.6 is 0 Å². The van der Waals surface area contributed by atoms with Gasteiger partial charge < -0.3 is 15.5 Å². The van der Waals surface area contributed by atoms with Crippen LogP contribution in [-0.4, -0.2) is 42.7 Å². The molecule has 0 spiro atoms. The summed E-state index contributed by atoms with van der Waals surface area (Å²) in [5.41, 5.74) is 0. The highest BCUT2D eigenvalue weighted by atomic mass is 19.1. The lowest BCUT2D eigenvalue weighted by Crippen LogP contribution is -2.44. The number of piperazine rings is 1. The summed E-state index contributed by atoms with van der Waals surface area (Å²) in [4.78, 5) is 10.0. The van der Waals surface area contributed by atoms with Crippen molar-refractivity contribution in [1.29, 1.82) is 0 Å². The van der Waals surface area contributed by atoms with Gasteiger partial charge in [0.2, 0.25) is 5.95 Å². The average molecular weight is 225 g/mol. The van der Waals surface area contributed by atoms with E-state index in [4.69, 9.17) is 0 Å². The summed E-state index contributed by atoms with van der Waals surface area (Å²) >= 11 is 0. The molecule has 2 N–H and O–H groups in total. The largest absolute Gasteiger partial charge is 0.354 e. The van der Waals surface area contributed by atoms with Gasteiger partial charge in [-0.25, -0.2) is 9.37 Å². The molecule has 0 unspecified atom stereocenters. The predicted octanol–water partition coefficient (Wildman–Crippen LogP) is 0.457. The number of hydrogen-bond donors (Lipinski definition) is 2. The third kappa shape index (κ3) is 2.38. The average Bonchev–Trinajstić information content (AvgIpc) is 2.33. The molecule has 0 amide bonds. The van der Waals surface area contributed by atoms with Crippen molar-refractivity contribution in [2.45, 2.75) is 6.92 Å². The highest BCUT2D eigenvalue weighted by molar-refractivity contribution is 5.44. The number of anilines is 2. The van der Waals surface area contributed by atoms with Gasteiger partial charge in [0.1, 0.15) is 0 Å². The molecule has 0 aromatic carbocycles. The maximum atomic E-state index is 13.6. The fourth-order valence-corrected chi connectivity index (χ4v) is 1.70. The first-order valence-corrected chi connectivity index (χ1v) is 5.53. The van der Waals surface area contributed by atoms with E-state index in [2.05, 4.69) is 20.6 Å². The van der Waals surface area contributed by atoms with E-state index in [9.17, 15) is 4.39 Å². The van der Waals surface area contributed by atoms with Gasteiger partial charge in [-0.05, 0) is 6.92 Å². The lowest BCUT2D eigenvalue weighted by atomic mass is 10.3. The Morgan fingerprint density at radius 1 is 1.50 bits per heavy atom. The molecule has 2 heterocycles. The molecule has 1 aromatic heterocycles. The Balaban J connectivity index is 2.19. The van der Waals surface area contributed by atoms with Crippen molar-refractivity contribution < 1.29 is 4.39 Å². The topological polar surface area (TPSA) is 53.1 Å². The number of rotatable bonds is 3. The fraction of sp³-hybridized carbons (Fsp3) is 0.600. The zero-order valence-corrected chi connectivity index (χ0v) is 9.33. The van der Waals surface area contributed by atoms with Crippen LogP contribution in [0.1, 0.15) is 6.92 Å². The molecule has 1 fully saturated rings. The second kappa shape index (κ2) is 5.07. The zero-order chi connectivity index (χ0) is 11.4. The van der Waals surface area contributed by atoms with E-state index in [0.29, 0.717) is 11.8 Å². The fourth-order valence-electron chi connectivity index (χ4n) is 1.70. The molecular weight excluding hydrogens is 209 g/mol. The number of hydrogen-bond acceptors (Lipinski definition) is 5. The van der Waals surface area contributed by atoms with Crippen molar-refractivity contribution in [2.24, 2.45) is 0 Å². The molecule has 0 saturated carbocycles. The summed E-state index contributed by atoms with van der Waals surface area (Å²) in [6, 6.07) is 0. The molecule has 16 heavy (non-hydrogen) atoms. The standard InChI is InChI=1S/C10H16FN5/c1-2-13-10-14-7-8(11)9(15-10)16-5-3-12-4-6-16/h7,12H,2-6H2,1H3,(H,13,14,15). The van der Waals surface area contributed by atoms with Crippen LogP contribution in [0.25, 0.3) is 0 Å². The maximum Gasteiger partial charge on any atom is 0.224 e. The Morgan fingerprint density at radius 3 is 2.94 bits per heavy atom. The second-order valence-electron chi connectivity index (χ2n) is 3.63. The lowest BCUT2D eigenvalue weighted by molar-refractivity contribution is 0.556. The monoisotopic (exact) mass is 225 g/mol. The van der Waals surface area contributed by atoms with E-state index in [0.717, 1.165) is 32.7 Å². The first-order valence-electron chi connectivity index (χ1n) is 5.53. The Labute approximate surface area is 94.1 Å². The van der Waals surface area contributed by atoms with Crippen LogP contribution in [0.3, 0.4) is 0 Å². The van der Waals surface area contributed by atoms with Crippen molar-refractivity contribution in [3.8, 4) is 0 Å². The Morgan fingerprint density at radius 2 is 2.25 bits per heavy atom. The number of nitrogens with one attached hydrogen (secondary N) is 2. The number of halogens is 1. The molecule has 0 radical (unpaired) electrons. The van der Waals surface area contributed by atoms with Crippen LogP contribution in [0.15, 0.2) is 6.20 Å². The molecule has 5 nitrogen and oxygen atoms in total. The van der Waals surface area contributed by atoms with Gasteiger partial charge in [0, 0.05) is 32.7 Å². The van der Waals surface area contributed by atoms with E-state index >= 15 is 0 Å². The number of nitrogens with zero attached hydrogens (tertiary/aromatic N) is 3. The van der Waals surface area contributed by atoms with Crippen molar-refractivity contribution in [1.82, 2.24) is 15.3 Å². The molecule has 0 aliphatic carbocycles. The molecule has 1 aliphatic rings. The van der Waals surface area contributed by atoms with Gasteiger partial charge in [-0.2, -0.15) is 4.98 Å². The first-order chi connectivity index (χ1) is 7.81. The SMILES string of the molecule is CCNc1ncc(F)c(N2CCNCC2)n1. The smallest absolute Gasteiger partial charge is 0.224 e. The summed E-state index contributed by atoms with van der Waals surface area (Å²) in [7, 11) is 0. The number of aromatic nitrogens is 2. The molecule has 1 aliphatic heterocycles. The van der Waals surface area contributed by atoms with Gasteiger partial charge in [0.05, 0.1) is 6.20 Å². The summed E-state index contributed by atoms with van der Waals surface area (Å²) in [5, 5.41) is 6.20. The third-order valence-electron chi connectivity index (χ3n) is 2.48. The summed E-state index contributed by atoms with van der Waals surface area (Å²) < 4.78 is 13.6. The molecule has 2 rings (SSSR count). The van der Waals surface area contributed by atoms with Crippen LogP contribution in [0.5, 0.6) is 0 Å².